The second-order valence-electron chi connectivity index (χ2n) is 7.75. The molecule has 1 saturated heterocycles. The predicted octanol–water partition coefficient (Wildman–Crippen LogP) is 2.46. The van der Waals surface area contributed by atoms with E-state index in [0.29, 0.717) is 11.7 Å². The Morgan fingerprint density at radius 2 is 2.07 bits per heavy atom. The number of hydrogen-bond donors (Lipinski definition) is 3. The zero-order valence-corrected chi connectivity index (χ0v) is 16.3. The van der Waals surface area contributed by atoms with E-state index in [2.05, 4.69) is 64.4 Å². The number of nitrogens with zero attached hydrogens (tertiary/aromatic N) is 3. The largest absolute Gasteiger partial charge is 0.365 e. The fourth-order valence-electron chi connectivity index (χ4n) is 3.54. The molecule has 1 amide bonds. The first-order valence-corrected chi connectivity index (χ1v) is 9.45. The molecule has 1 aromatic heterocycles. The first-order chi connectivity index (χ1) is 13.5. The number of aromatic nitrogens is 2. The lowest BCUT2D eigenvalue weighted by Gasteiger charge is -2.31. The maximum absolute atomic E-state index is 11.0. The molecule has 7 heteroatoms. The molecule has 0 radical (unpaired) electrons. The summed E-state index contributed by atoms with van der Waals surface area (Å²) in [6.45, 7) is 7.61. The summed E-state index contributed by atoms with van der Waals surface area (Å²) >= 11 is 0. The summed E-state index contributed by atoms with van der Waals surface area (Å²) in [4.78, 5) is 22.1. The molecule has 0 unspecified atom stereocenters. The molecule has 1 aliphatic heterocycles. The standard InChI is InChI=1S/C21H27N5O2/c1-21(2,16-6-4-3-5-7-16)15-26-11-10-18(14-26)24-19-13-22-17(12-23-19)8-9-20(27)25-28/h3-9,12-13,18,28H,10-11,14-15H2,1-2H3,(H,23,24)(H,25,27)/t18-/m1/s1. The molecule has 0 saturated carbocycles. The van der Waals surface area contributed by atoms with Gasteiger partial charge in [-0.25, -0.2) is 10.5 Å². The highest BCUT2D eigenvalue weighted by Gasteiger charge is 2.29. The Labute approximate surface area is 165 Å². The Balaban J connectivity index is 1.52. The smallest absolute Gasteiger partial charge is 0.267 e. The van der Waals surface area contributed by atoms with Crippen LogP contribution in [0.1, 0.15) is 31.5 Å². The highest BCUT2D eigenvalue weighted by Crippen LogP contribution is 2.26. The summed E-state index contributed by atoms with van der Waals surface area (Å²) in [6, 6.07) is 11.0. The molecule has 28 heavy (non-hydrogen) atoms. The normalized spacial score (nSPS) is 17.8. The third-order valence-electron chi connectivity index (χ3n) is 4.99. The lowest BCUT2D eigenvalue weighted by Crippen LogP contribution is -2.37. The number of anilines is 1. The first kappa shape index (κ1) is 20.0. The van der Waals surface area contributed by atoms with E-state index in [-0.39, 0.29) is 5.41 Å². The fraction of sp³-hybridized carbons (Fsp3) is 0.381. The second kappa shape index (κ2) is 8.95. The van der Waals surface area contributed by atoms with Crippen LogP contribution in [0.4, 0.5) is 5.82 Å². The number of rotatable bonds is 7. The molecule has 0 spiro atoms. The van der Waals surface area contributed by atoms with Crippen molar-refractivity contribution in [2.75, 3.05) is 25.0 Å². The van der Waals surface area contributed by atoms with Gasteiger partial charge in [-0.3, -0.25) is 15.0 Å². The quantitative estimate of drug-likeness (QED) is 0.388. The topological polar surface area (TPSA) is 90.4 Å². The summed E-state index contributed by atoms with van der Waals surface area (Å²) in [7, 11) is 0. The molecular weight excluding hydrogens is 354 g/mol. The van der Waals surface area contributed by atoms with Crippen molar-refractivity contribution in [3.63, 3.8) is 0 Å². The Hall–Kier alpha value is -2.77. The Morgan fingerprint density at radius 1 is 1.29 bits per heavy atom. The van der Waals surface area contributed by atoms with Crippen LogP contribution in [0.2, 0.25) is 0 Å². The molecule has 148 valence electrons. The molecule has 1 aromatic carbocycles. The Kier molecular flexibility index (Phi) is 6.38. The van der Waals surface area contributed by atoms with Crippen molar-refractivity contribution in [1.29, 1.82) is 0 Å². The van der Waals surface area contributed by atoms with Gasteiger partial charge < -0.3 is 10.2 Å². The van der Waals surface area contributed by atoms with Crippen LogP contribution in [0.5, 0.6) is 0 Å². The van der Waals surface area contributed by atoms with Crippen LogP contribution >= 0.6 is 0 Å². The number of nitrogens with one attached hydrogen (secondary N) is 2. The van der Waals surface area contributed by atoms with Crippen molar-refractivity contribution in [1.82, 2.24) is 20.3 Å². The van der Waals surface area contributed by atoms with Gasteiger partial charge in [0.05, 0.1) is 18.1 Å². The highest BCUT2D eigenvalue weighted by atomic mass is 16.5. The number of carbonyl (C=O) groups is 1. The molecule has 7 nitrogen and oxygen atoms in total. The van der Waals surface area contributed by atoms with Crippen LogP contribution in [-0.2, 0) is 10.2 Å². The maximum atomic E-state index is 11.0. The van der Waals surface area contributed by atoms with Gasteiger partial charge in [-0.05, 0) is 18.1 Å². The van der Waals surface area contributed by atoms with Crippen molar-refractivity contribution in [3.05, 3.63) is 60.1 Å². The van der Waals surface area contributed by atoms with Gasteiger partial charge >= 0.3 is 0 Å². The number of likely N-dealkylation sites (tertiary alicyclic amines) is 1. The molecule has 2 heterocycles. The maximum Gasteiger partial charge on any atom is 0.267 e. The van der Waals surface area contributed by atoms with Gasteiger partial charge in [-0.15, -0.1) is 0 Å². The predicted molar refractivity (Wildman–Crippen MR) is 109 cm³/mol. The Bertz CT molecular complexity index is 805. The molecule has 1 fully saturated rings. The van der Waals surface area contributed by atoms with E-state index in [1.54, 1.807) is 12.4 Å². The van der Waals surface area contributed by atoms with Gasteiger partial charge in [0.25, 0.3) is 5.91 Å². The Morgan fingerprint density at radius 3 is 2.75 bits per heavy atom. The summed E-state index contributed by atoms with van der Waals surface area (Å²) in [6.07, 6.45) is 7.00. The molecule has 0 aliphatic carbocycles. The number of hydroxylamine groups is 1. The first-order valence-electron chi connectivity index (χ1n) is 9.45. The van der Waals surface area contributed by atoms with Crippen molar-refractivity contribution >= 4 is 17.8 Å². The van der Waals surface area contributed by atoms with Gasteiger partial charge in [0, 0.05) is 37.2 Å². The fourth-order valence-corrected chi connectivity index (χ4v) is 3.54. The number of benzene rings is 1. The minimum Gasteiger partial charge on any atom is -0.365 e. The van der Waals surface area contributed by atoms with Crippen LogP contribution in [0.3, 0.4) is 0 Å². The van der Waals surface area contributed by atoms with Gasteiger partial charge in [0.1, 0.15) is 5.82 Å². The average Bonchev–Trinajstić information content (AvgIpc) is 3.14. The van der Waals surface area contributed by atoms with Gasteiger partial charge in [0.15, 0.2) is 0 Å². The van der Waals surface area contributed by atoms with E-state index < -0.39 is 5.91 Å². The lowest BCUT2D eigenvalue weighted by atomic mass is 9.84. The summed E-state index contributed by atoms with van der Waals surface area (Å²) in [5.74, 6) is 0.117. The third-order valence-corrected chi connectivity index (χ3v) is 4.99. The van der Waals surface area contributed by atoms with Gasteiger partial charge in [-0.1, -0.05) is 44.2 Å². The molecule has 2 aromatic rings. The average molecular weight is 381 g/mol. The van der Waals surface area contributed by atoms with Crippen LogP contribution in [-0.4, -0.2) is 51.7 Å². The van der Waals surface area contributed by atoms with Crippen LogP contribution in [0.15, 0.2) is 48.8 Å². The number of amides is 1. The van der Waals surface area contributed by atoms with Crippen LogP contribution in [0.25, 0.3) is 6.08 Å². The molecule has 0 bridgehead atoms. The summed E-state index contributed by atoms with van der Waals surface area (Å²) in [5.41, 5.74) is 3.54. The van der Waals surface area contributed by atoms with E-state index in [4.69, 9.17) is 5.21 Å². The molecular formula is C21H27N5O2. The molecule has 1 aliphatic rings. The van der Waals surface area contributed by atoms with Crippen LogP contribution in [0, 0.1) is 0 Å². The molecule has 3 rings (SSSR count). The lowest BCUT2D eigenvalue weighted by molar-refractivity contribution is -0.124. The van der Waals surface area contributed by atoms with E-state index in [0.717, 1.165) is 31.9 Å². The third kappa shape index (κ3) is 5.37. The van der Waals surface area contributed by atoms with Crippen molar-refractivity contribution < 1.29 is 10.0 Å². The van der Waals surface area contributed by atoms with Crippen LogP contribution < -0.4 is 10.8 Å². The van der Waals surface area contributed by atoms with Crippen molar-refractivity contribution in [2.45, 2.75) is 31.7 Å². The van der Waals surface area contributed by atoms with Crippen molar-refractivity contribution in [2.24, 2.45) is 0 Å². The van der Waals surface area contributed by atoms with E-state index in [1.807, 2.05) is 0 Å². The van der Waals surface area contributed by atoms with Crippen molar-refractivity contribution in [3.8, 4) is 0 Å². The summed E-state index contributed by atoms with van der Waals surface area (Å²) in [5, 5.41) is 11.9. The van der Waals surface area contributed by atoms with Gasteiger partial charge in [-0.2, -0.15) is 0 Å². The summed E-state index contributed by atoms with van der Waals surface area (Å²) < 4.78 is 0. The minimum atomic E-state index is -0.603. The number of carbonyl (C=O) groups excluding carboxylic acids is 1. The monoisotopic (exact) mass is 381 g/mol. The zero-order valence-electron chi connectivity index (χ0n) is 16.3. The van der Waals surface area contributed by atoms with E-state index >= 15 is 0 Å². The highest BCUT2D eigenvalue weighted by molar-refractivity contribution is 5.90. The number of hydrogen-bond acceptors (Lipinski definition) is 6. The SMILES string of the molecule is CC(C)(CN1CC[C@@H](Nc2cnc(C=CC(=O)NO)cn2)C1)c1ccccc1. The second-order valence-corrected chi connectivity index (χ2v) is 7.75. The van der Waals surface area contributed by atoms with Gasteiger partial charge in [0.2, 0.25) is 0 Å². The van der Waals surface area contributed by atoms with E-state index in [1.165, 1.54) is 23.2 Å². The zero-order chi connectivity index (χ0) is 20.0. The molecule has 3 N–H and O–H groups in total. The minimum absolute atomic E-state index is 0.102. The van der Waals surface area contributed by atoms with E-state index in [9.17, 15) is 4.79 Å². The molecule has 1 atom stereocenters.